The van der Waals surface area contributed by atoms with Crippen LogP contribution in [0.5, 0.6) is 0 Å². The number of amides is 1. The Hall–Kier alpha value is -1.27. The Kier molecular flexibility index (Phi) is 6.29. The van der Waals surface area contributed by atoms with E-state index in [4.69, 9.17) is 23.7 Å². The van der Waals surface area contributed by atoms with Crippen LogP contribution in [0.4, 0.5) is 5.69 Å². The molecule has 1 aromatic rings. The number of carbonyl (C=O) groups excluding carboxylic acids is 1. The van der Waals surface area contributed by atoms with Gasteiger partial charge in [-0.3, -0.25) is 4.79 Å². The van der Waals surface area contributed by atoms with Crippen molar-refractivity contribution in [3.63, 3.8) is 0 Å². The Morgan fingerprint density at radius 2 is 2.05 bits per heavy atom. The van der Waals surface area contributed by atoms with E-state index in [9.17, 15) is 4.79 Å². The summed E-state index contributed by atoms with van der Waals surface area (Å²) in [4.78, 5) is 12.9. The predicted molar refractivity (Wildman–Crippen MR) is 90.2 cm³/mol. The van der Waals surface area contributed by atoms with Gasteiger partial charge in [0.1, 0.15) is 11.0 Å². The van der Waals surface area contributed by atoms with Gasteiger partial charge in [-0.25, -0.2) is 0 Å². The highest BCUT2D eigenvalue weighted by atomic mass is 32.2. The molecule has 20 heavy (non-hydrogen) atoms. The first kappa shape index (κ1) is 16.8. The topological polar surface area (TPSA) is 81.1 Å². The van der Waals surface area contributed by atoms with Gasteiger partial charge >= 0.3 is 0 Å². The average Bonchev–Trinajstić information content (AvgIpc) is 2.35. The molecular formula is C14H21N3OS2. The van der Waals surface area contributed by atoms with Gasteiger partial charge in [0.05, 0.1) is 0 Å². The number of nitrogens with two attached hydrogens (primary N) is 2. The van der Waals surface area contributed by atoms with E-state index in [2.05, 4.69) is 12.2 Å². The summed E-state index contributed by atoms with van der Waals surface area (Å²) in [6, 6.07) is 5.31. The van der Waals surface area contributed by atoms with Crippen molar-refractivity contribution in [2.24, 2.45) is 17.4 Å². The van der Waals surface area contributed by atoms with Crippen molar-refractivity contribution in [2.45, 2.75) is 31.7 Å². The molecule has 110 valence electrons. The Morgan fingerprint density at radius 3 is 2.50 bits per heavy atom. The van der Waals surface area contributed by atoms with E-state index in [0.717, 1.165) is 21.9 Å². The summed E-state index contributed by atoms with van der Waals surface area (Å²) in [6.07, 6.45) is 0. The van der Waals surface area contributed by atoms with Gasteiger partial charge in [0.2, 0.25) is 5.91 Å². The maximum Gasteiger partial charge on any atom is 0.240 e. The molecule has 0 fully saturated rings. The Labute approximate surface area is 129 Å². The van der Waals surface area contributed by atoms with Crippen LogP contribution in [0.15, 0.2) is 23.1 Å². The molecule has 5 N–H and O–H groups in total. The van der Waals surface area contributed by atoms with Crippen LogP contribution in [0, 0.1) is 5.92 Å². The third kappa shape index (κ3) is 4.11. The van der Waals surface area contributed by atoms with Gasteiger partial charge in [-0.2, -0.15) is 0 Å². The second-order valence-corrected chi connectivity index (χ2v) is 6.49. The fourth-order valence-electron chi connectivity index (χ4n) is 1.92. The molecule has 4 nitrogen and oxygen atoms in total. The number of rotatable bonds is 7. The first-order valence-corrected chi connectivity index (χ1v) is 7.89. The monoisotopic (exact) mass is 311 g/mol. The summed E-state index contributed by atoms with van der Waals surface area (Å²) in [5.41, 5.74) is 12.8. The van der Waals surface area contributed by atoms with Gasteiger partial charge in [-0.15, -0.1) is 11.8 Å². The van der Waals surface area contributed by atoms with Gasteiger partial charge in [0, 0.05) is 16.1 Å². The van der Waals surface area contributed by atoms with E-state index in [0.29, 0.717) is 4.99 Å². The zero-order valence-corrected chi connectivity index (χ0v) is 13.6. The lowest BCUT2D eigenvalue weighted by Gasteiger charge is -2.23. The van der Waals surface area contributed by atoms with Gasteiger partial charge < -0.3 is 16.8 Å². The van der Waals surface area contributed by atoms with Gasteiger partial charge in [0.15, 0.2) is 0 Å². The lowest BCUT2D eigenvalue weighted by Crippen LogP contribution is -2.40. The molecule has 0 saturated carbocycles. The molecule has 0 aliphatic carbocycles. The molecule has 0 bridgehead atoms. The number of primary amides is 1. The first-order chi connectivity index (χ1) is 9.38. The van der Waals surface area contributed by atoms with Crippen LogP contribution in [0.25, 0.3) is 0 Å². The number of hydrogen-bond donors (Lipinski definition) is 3. The third-order valence-corrected chi connectivity index (χ3v) is 4.00. The molecule has 0 heterocycles. The van der Waals surface area contributed by atoms with Crippen LogP contribution in [-0.2, 0) is 4.79 Å². The van der Waals surface area contributed by atoms with Crippen molar-refractivity contribution in [3.05, 3.63) is 23.8 Å². The number of nitrogens with one attached hydrogen (secondary N) is 1. The minimum absolute atomic E-state index is 0.0779. The second kappa shape index (κ2) is 7.50. The molecule has 0 aliphatic heterocycles. The van der Waals surface area contributed by atoms with Gasteiger partial charge in [0.25, 0.3) is 0 Å². The van der Waals surface area contributed by atoms with E-state index in [1.54, 1.807) is 11.8 Å². The largest absolute Gasteiger partial charge is 0.389 e. The first-order valence-electron chi connectivity index (χ1n) is 6.49. The fraction of sp³-hybridized carbons (Fsp3) is 0.429. The van der Waals surface area contributed by atoms with E-state index < -0.39 is 6.04 Å². The molecule has 0 aromatic heterocycles. The Morgan fingerprint density at radius 1 is 1.40 bits per heavy atom. The molecule has 0 saturated heterocycles. The van der Waals surface area contributed by atoms with Gasteiger partial charge in [-0.05, 0) is 23.8 Å². The van der Waals surface area contributed by atoms with Crippen molar-refractivity contribution in [2.75, 3.05) is 11.1 Å². The molecule has 1 aromatic carbocycles. The summed E-state index contributed by atoms with van der Waals surface area (Å²) in [7, 11) is 0. The van der Waals surface area contributed by atoms with Crippen molar-refractivity contribution in [1.29, 1.82) is 0 Å². The summed E-state index contributed by atoms with van der Waals surface area (Å²) in [5, 5.41) is 3.17. The summed E-state index contributed by atoms with van der Waals surface area (Å²) >= 11 is 6.81. The minimum atomic E-state index is -0.454. The normalized spacial score (nSPS) is 12.2. The van der Waals surface area contributed by atoms with Crippen LogP contribution < -0.4 is 16.8 Å². The molecule has 6 heteroatoms. The minimum Gasteiger partial charge on any atom is -0.389 e. The molecule has 0 aliphatic rings. The zero-order chi connectivity index (χ0) is 15.3. The number of benzene rings is 1. The van der Waals surface area contributed by atoms with E-state index in [-0.39, 0.29) is 11.8 Å². The number of thioether (sulfide) groups is 1. The van der Waals surface area contributed by atoms with Crippen LogP contribution in [-0.4, -0.2) is 22.7 Å². The van der Waals surface area contributed by atoms with E-state index in [1.807, 2.05) is 32.0 Å². The average molecular weight is 311 g/mol. The third-order valence-electron chi connectivity index (χ3n) is 2.86. The predicted octanol–water partition coefficient (Wildman–Crippen LogP) is 2.35. The summed E-state index contributed by atoms with van der Waals surface area (Å²) in [6.45, 7) is 5.94. The van der Waals surface area contributed by atoms with E-state index in [1.165, 1.54) is 0 Å². The Bertz CT molecular complexity index is 503. The van der Waals surface area contributed by atoms with Crippen LogP contribution in [0.2, 0.25) is 0 Å². The number of thiocarbonyl (C=S) groups is 1. The lowest BCUT2D eigenvalue weighted by atomic mass is 10.0. The Balaban J connectivity index is 3.20. The van der Waals surface area contributed by atoms with Crippen molar-refractivity contribution >= 4 is 40.6 Å². The molecule has 1 rings (SSSR count). The lowest BCUT2D eigenvalue weighted by molar-refractivity contribution is -0.119. The maximum absolute atomic E-state index is 11.5. The van der Waals surface area contributed by atoms with Crippen molar-refractivity contribution in [3.8, 4) is 0 Å². The smallest absolute Gasteiger partial charge is 0.240 e. The summed E-state index contributed by atoms with van der Waals surface area (Å²) in [5.74, 6) is 0.610. The van der Waals surface area contributed by atoms with Crippen molar-refractivity contribution in [1.82, 2.24) is 0 Å². The fourth-order valence-corrected chi connectivity index (χ4v) is 3.05. The highest BCUT2D eigenvalue weighted by Gasteiger charge is 2.21. The van der Waals surface area contributed by atoms with Crippen LogP contribution >= 0.6 is 24.0 Å². The molecule has 1 amide bonds. The highest BCUT2D eigenvalue weighted by Crippen LogP contribution is 2.29. The molecule has 1 atom stereocenters. The van der Waals surface area contributed by atoms with Crippen LogP contribution in [0.1, 0.15) is 26.3 Å². The zero-order valence-electron chi connectivity index (χ0n) is 12.0. The quantitative estimate of drug-likeness (QED) is 0.532. The molecule has 0 spiro atoms. The molecule has 1 unspecified atom stereocenters. The number of carbonyl (C=O) groups is 1. The molecular weight excluding hydrogens is 290 g/mol. The van der Waals surface area contributed by atoms with E-state index >= 15 is 0 Å². The van der Waals surface area contributed by atoms with Crippen LogP contribution in [0.3, 0.4) is 0 Å². The van der Waals surface area contributed by atoms with Gasteiger partial charge in [-0.1, -0.05) is 39.1 Å². The van der Waals surface area contributed by atoms with Crippen molar-refractivity contribution < 1.29 is 4.79 Å². The molecule has 0 radical (unpaired) electrons. The highest BCUT2D eigenvalue weighted by molar-refractivity contribution is 7.99. The summed E-state index contributed by atoms with van der Waals surface area (Å²) < 4.78 is 0. The number of anilines is 1. The standard InChI is InChI=1S/C14H21N3OS2/c1-4-20-10-7-5-6-9(11(10)14(16)19)17-12(8(2)3)13(15)18/h5-8,12,17H,4H2,1-3H3,(H2,15,18)(H2,16,19). The number of hydrogen-bond acceptors (Lipinski definition) is 4. The second-order valence-electron chi connectivity index (χ2n) is 4.74. The SMILES string of the molecule is CCSc1cccc(NC(C(N)=O)C(C)C)c1C(N)=S. The maximum atomic E-state index is 11.5.